The van der Waals surface area contributed by atoms with Crippen molar-refractivity contribution in [3.63, 3.8) is 0 Å². The number of nitrogens with one attached hydrogen (secondary N) is 1. The smallest absolute Gasteiger partial charge is 0.230 e. The van der Waals surface area contributed by atoms with Crippen LogP contribution in [-0.2, 0) is 14.6 Å². The van der Waals surface area contributed by atoms with E-state index in [9.17, 15) is 13.2 Å². The molecule has 4 rings (SSSR count). The zero-order valence-corrected chi connectivity index (χ0v) is 18.4. The van der Waals surface area contributed by atoms with Gasteiger partial charge in [0.2, 0.25) is 5.91 Å². The van der Waals surface area contributed by atoms with Crippen LogP contribution in [0.25, 0.3) is 10.2 Å². The fourth-order valence-electron chi connectivity index (χ4n) is 4.04. The van der Waals surface area contributed by atoms with Gasteiger partial charge in [-0.2, -0.15) is 0 Å². The van der Waals surface area contributed by atoms with E-state index in [-0.39, 0.29) is 35.2 Å². The Hall–Kier alpha value is -1.23. The van der Waals surface area contributed by atoms with E-state index in [4.69, 9.17) is 0 Å². The highest BCUT2D eigenvalue weighted by Gasteiger charge is 2.42. The van der Waals surface area contributed by atoms with E-state index in [1.807, 2.05) is 6.92 Å². The van der Waals surface area contributed by atoms with Gasteiger partial charge in [-0.15, -0.1) is 11.3 Å². The molecule has 2 aliphatic heterocycles. The molecule has 1 N–H and O–H groups in total. The Morgan fingerprint density at radius 1 is 1.29 bits per heavy atom. The Kier molecular flexibility index (Phi) is 5.65. The number of fused-ring (bicyclic) bond motifs is 1. The van der Waals surface area contributed by atoms with Gasteiger partial charge in [-0.05, 0) is 45.3 Å². The molecule has 28 heavy (non-hydrogen) atoms. The van der Waals surface area contributed by atoms with Gasteiger partial charge in [0.15, 0.2) is 9.84 Å². The number of hydrogen-bond donors (Lipinski definition) is 1. The molecule has 152 valence electrons. The number of rotatable bonds is 5. The van der Waals surface area contributed by atoms with E-state index in [0.717, 1.165) is 46.7 Å². The summed E-state index contributed by atoms with van der Waals surface area (Å²) in [7, 11) is -3.11. The molecule has 7 nitrogen and oxygen atoms in total. The third kappa shape index (κ3) is 4.05. The van der Waals surface area contributed by atoms with E-state index in [2.05, 4.69) is 27.1 Å². The Balaban J connectivity index is 1.43. The summed E-state index contributed by atoms with van der Waals surface area (Å²) in [5, 5.41) is 4.80. The molecule has 2 fully saturated rings. The molecule has 0 radical (unpaired) electrons. The van der Waals surface area contributed by atoms with Crippen molar-refractivity contribution in [1.82, 2.24) is 20.2 Å². The molecule has 2 aliphatic rings. The maximum atomic E-state index is 12.6. The van der Waals surface area contributed by atoms with Crippen LogP contribution in [-0.4, -0.2) is 71.6 Å². The zero-order valence-electron chi connectivity index (χ0n) is 16.0. The molecule has 2 saturated heterocycles. The van der Waals surface area contributed by atoms with Crippen LogP contribution < -0.4 is 5.32 Å². The average molecular weight is 441 g/mol. The number of carbonyl (C=O) groups excluding carboxylic acids is 1. The monoisotopic (exact) mass is 440 g/mol. The first-order chi connectivity index (χ1) is 13.3. The van der Waals surface area contributed by atoms with Crippen molar-refractivity contribution in [1.29, 1.82) is 0 Å². The highest BCUT2D eigenvalue weighted by atomic mass is 32.2. The van der Waals surface area contributed by atoms with Crippen LogP contribution in [0, 0.1) is 13.8 Å². The quantitative estimate of drug-likeness (QED) is 0.560. The summed E-state index contributed by atoms with van der Waals surface area (Å²) in [5.74, 6) is 0.243. The summed E-state index contributed by atoms with van der Waals surface area (Å²) >= 11 is 3.01. The minimum Gasteiger partial charge on any atom is -0.350 e. The summed E-state index contributed by atoms with van der Waals surface area (Å²) in [5.41, 5.74) is 1.15. The lowest BCUT2D eigenvalue weighted by atomic mass is 10.1. The number of hydrogen-bond acceptors (Lipinski definition) is 8. The van der Waals surface area contributed by atoms with E-state index < -0.39 is 9.84 Å². The molecule has 2 aromatic heterocycles. The molecule has 4 heterocycles. The van der Waals surface area contributed by atoms with E-state index >= 15 is 0 Å². The number of aromatic nitrogens is 2. The lowest BCUT2D eigenvalue weighted by Gasteiger charge is -2.28. The van der Waals surface area contributed by atoms with Crippen molar-refractivity contribution in [2.24, 2.45) is 0 Å². The van der Waals surface area contributed by atoms with Crippen molar-refractivity contribution >= 4 is 49.1 Å². The topological polar surface area (TPSA) is 92.3 Å². The normalized spacial score (nSPS) is 24.8. The van der Waals surface area contributed by atoms with Crippen LogP contribution in [0.2, 0.25) is 0 Å². The molecule has 2 atom stereocenters. The second-order valence-electron chi connectivity index (χ2n) is 7.49. The number of amides is 1. The van der Waals surface area contributed by atoms with Crippen molar-refractivity contribution in [2.75, 3.05) is 30.3 Å². The largest absolute Gasteiger partial charge is 0.350 e. The van der Waals surface area contributed by atoms with Crippen LogP contribution in [0.3, 0.4) is 0 Å². The minimum absolute atomic E-state index is 0.0329. The lowest BCUT2D eigenvalue weighted by molar-refractivity contribution is -0.119. The first-order valence-electron chi connectivity index (χ1n) is 9.41. The predicted octanol–water partition coefficient (Wildman–Crippen LogP) is 1.78. The van der Waals surface area contributed by atoms with Crippen molar-refractivity contribution in [3.8, 4) is 0 Å². The molecule has 2 aromatic rings. The van der Waals surface area contributed by atoms with Crippen LogP contribution in [0.1, 0.15) is 23.3 Å². The summed E-state index contributed by atoms with van der Waals surface area (Å²) in [6.07, 6.45) is 3.72. The maximum absolute atomic E-state index is 12.6. The number of thioether (sulfide) groups is 1. The van der Waals surface area contributed by atoms with E-state index in [1.165, 1.54) is 23.0 Å². The van der Waals surface area contributed by atoms with Gasteiger partial charge in [0.25, 0.3) is 0 Å². The van der Waals surface area contributed by atoms with Crippen LogP contribution in [0.4, 0.5) is 0 Å². The minimum atomic E-state index is -3.11. The standard InChI is InChI=1S/C18H24N4O3S3/c1-11-12(2)27-18-16(11)17(19-10-20-18)26-7-15(23)21-13-8-28(24,25)9-14(13)22-5-3-4-6-22/h10,13-14H,3-9H2,1-2H3,(H,21,23). The number of likely N-dealkylation sites (tertiary alicyclic amines) is 1. The molecule has 0 saturated carbocycles. The predicted molar refractivity (Wildman–Crippen MR) is 113 cm³/mol. The Bertz CT molecular complexity index is 999. The second-order valence-corrected chi connectivity index (χ2v) is 11.8. The van der Waals surface area contributed by atoms with Gasteiger partial charge in [0, 0.05) is 16.3 Å². The van der Waals surface area contributed by atoms with Crippen molar-refractivity contribution in [3.05, 3.63) is 16.8 Å². The van der Waals surface area contributed by atoms with Crippen molar-refractivity contribution < 1.29 is 13.2 Å². The van der Waals surface area contributed by atoms with Crippen LogP contribution in [0.15, 0.2) is 11.4 Å². The molecular formula is C18H24N4O3S3. The third-order valence-electron chi connectivity index (χ3n) is 5.55. The third-order valence-corrected chi connectivity index (χ3v) is 9.37. The Morgan fingerprint density at radius 2 is 2.04 bits per heavy atom. The summed E-state index contributed by atoms with van der Waals surface area (Å²) < 4.78 is 24.3. The number of nitrogens with zero attached hydrogens (tertiary/aromatic N) is 3. The average Bonchev–Trinajstić information content (AvgIpc) is 3.33. The van der Waals surface area contributed by atoms with E-state index in [0.29, 0.717) is 0 Å². The van der Waals surface area contributed by atoms with Gasteiger partial charge < -0.3 is 5.32 Å². The Labute approximate surface area is 173 Å². The fourth-order valence-corrected chi connectivity index (χ4v) is 7.92. The molecule has 2 unspecified atom stereocenters. The lowest BCUT2D eigenvalue weighted by Crippen LogP contribution is -2.50. The van der Waals surface area contributed by atoms with Gasteiger partial charge >= 0.3 is 0 Å². The molecule has 0 aromatic carbocycles. The molecule has 1 amide bonds. The van der Waals surface area contributed by atoms with Gasteiger partial charge in [-0.1, -0.05) is 11.8 Å². The second kappa shape index (κ2) is 7.89. The highest BCUT2D eigenvalue weighted by Crippen LogP contribution is 2.34. The summed E-state index contributed by atoms with van der Waals surface area (Å²) in [4.78, 5) is 25.6. The van der Waals surface area contributed by atoms with Crippen LogP contribution >= 0.6 is 23.1 Å². The van der Waals surface area contributed by atoms with Gasteiger partial charge in [0.05, 0.1) is 23.3 Å². The number of sulfone groups is 1. The molecule has 0 aliphatic carbocycles. The SMILES string of the molecule is Cc1sc2ncnc(SCC(=O)NC3CS(=O)(=O)CC3N3CCCC3)c2c1C. The summed E-state index contributed by atoms with van der Waals surface area (Å²) in [6.45, 7) is 5.93. The first-order valence-corrected chi connectivity index (χ1v) is 13.0. The van der Waals surface area contributed by atoms with Crippen molar-refractivity contribution in [2.45, 2.75) is 43.8 Å². The summed E-state index contributed by atoms with van der Waals surface area (Å²) in [6, 6.07) is -0.430. The molecule has 0 spiro atoms. The van der Waals surface area contributed by atoms with Gasteiger partial charge in [-0.25, -0.2) is 18.4 Å². The van der Waals surface area contributed by atoms with Crippen LogP contribution in [0.5, 0.6) is 0 Å². The maximum Gasteiger partial charge on any atom is 0.230 e. The zero-order chi connectivity index (χ0) is 19.9. The highest BCUT2D eigenvalue weighted by molar-refractivity contribution is 8.00. The number of aryl methyl sites for hydroxylation is 2. The number of carbonyl (C=O) groups is 1. The fraction of sp³-hybridized carbons (Fsp3) is 0.611. The molecule has 0 bridgehead atoms. The molecular weight excluding hydrogens is 416 g/mol. The Morgan fingerprint density at radius 3 is 2.79 bits per heavy atom. The number of thiophene rings is 1. The van der Waals surface area contributed by atoms with E-state index in [1.54, 1.807) is 11.3 Å². The molecule has 10 heteroatoms. The van der Waals surface area contributed by atoms with Gasteiger partial charge in [0.1, 0.15) is 16.2 Å². The van der Waals surface area contributed by atoms with Gasteiger partial charge in [-0.3, -0.25) is 9.69 Å². The first kappa shape index (κ1) is 20.1.